The molecule has 2 heterocycles. The second-order valence-corrected chi connectivity index (χ2v) is 8.94. The number of thiazole rings is 1. The number of rotatable bonds is 5. The van der Waals surface area contributed by atoms with Gasteiger partial charge in [-0.1, -0.05) is 23.5 Å². The molecule has 9 heteroatoms. The maximum atomic E-state index is 13.7. The van der Waals surface area contributed by atoms with E-state index in [0.29, 0.717) is 26.7 Å². The molecule has 0 fully saturated rings. The van der Waals surface area contributed by atoms with Crippen LogP contribution in [0, 0.1) is 5.82 Å². The molecule has 0 saturated carbocycles. The number of hydrogen-bond acceptors (Lipinski definition) is 7. The number of hydrazone groups is 1. The molecule has 5 rings (SSSR count). The third-order valence-electron chi connectivity index (χ3n) is 5.36. The van der Waals surface area contributed by atoms with Crippen LogP contribution in [-0.2, 0) is 0 Å². The van der Waals surface area contributed by atoms with Crippen molar-refractivity contribution in [1.29, 1.82) is 0 Å². The minimum atomic E-state index is -0.448. The molecule has 1 amide bonds. The molecule has 35 heavy (non-hydrogen) atoms. The summed E-state index contributed by atoms with van der Waals surface area (Å²) in [5.74, 6) is -0.849. The Morgan fingerprint density at radius 2 is 1.86 bits per heavy atom. The van der Waals surface area contributed by atoms with Crippen LogP contribution in [0.15, 0.2) is 87.3 Å². The van der Waals surface area contributed by atoms with Gasteiger partial charge in [-0.25, -0.2) is 9.37 Å². The van der Waals surface area contributed by atoms with Crippen molar-refractivity contribution in [3.63, 3.8) is 0 Å². The van der Waals surface area contributed by atoms with E-state index < -0.39 is 11.7 Å². The van der Waals surface area contributed by atoms with Gasteiger partial charge in [-0.05, 0) is 54.6 Å². The third-order valence-corrected chi connectivity index (χ3v) is 6.36. The van der Waals surface area contributed by atoms with Crippen molar-refractivity contribution < 1.29 is 13.6 Å². The van der Waals surface area contributed by atoms with Gasteiger partial charge >= 0.3 is 0 Å². The van der Waals surface area contributed by atoms with E-state index in [2.05, 4.69) is 10.1 Å². The zero-order chi connectivity index (χ0) is 24.5. The molecule has 0 radical (unpaired) electrons. The number of amides is 1. The average Bonchev–Trinajstić information content (AvgIpc) is 3.28. The lowest BCUT2D eigenvalue weighted by Crippen LogP contribution is -2.26. The largest absolute Gasteiger partial charge is 0.463 e. The van der Waals surface area contributed by atoms with Gasteiger partial charge in [-0.15, -0.1) is 0 Å². The number of fused-ring (bicyclic) bond motifs is 2. The van der Waals surface area contributed by atoms with Gasteiger partial charge in [0.25, 0.3) is 5.91 Å². The van der Waals surface area contributed by atoms with Gasteiger partial charge < -0.3 is 9.32 Å². The van der Waals surface area contributed by atoms with Crippen LogP contribution in [0.4, 0.5) is 15.2 Å². The van der Waals surface area contributed by atoms with E-state index in [-0.39, 0.29) is 16.1 Å². The smallest absolute Gasteiger partial charge is 0.280 e. The van der Waals surface area contributed by atoms with Gasteiger partial charge in [0.15, 0.2) is 0 Å². The van der Waals surface area contributed by atoms with E-state index in [1.807, 2.05) is 31.1 Å². The fraction of sp³-hybridized carbons (Fsp3) is 0.0769. The van der Waals surface area contributed by atoms with Gasteiger partial charge in [0.1, 0.15) is 17.7 Å². The Labute approximate surface area is 203 Å². The molecular formula is C26H19FN4O3S. The molecule has 2 aromatic heterocycles. The minimum Gasteiger partial charge on any atom is -0.463 e. The highest BCUT2D eigenvalue weighted by Crippen LogP contribution is 2.31. The maximum Gasteiger partial charge on any atom is 0.280 e. The predicted molar refractivity (Wildman–Crippen MR) is 137 cm³/mol. The SMILES string of the molecule is CN(C)c1ccc(C(=O)N(/N=C/c2coc3ccccc3c2=O)c2nc3ccc(F)cc3s2)cc1. The van der Waals surface area contributed by atoms with E-state index >= 15 is 0 Å². The molecule has 0 atom stereocenters. The maximum absolute atomic E-state index is 13.7. The highest BCUT2D eigenvalue weighted by atomic mass is 32.1. The Morgan fingerprint density at radius 3 is 2.63 bits per heavy atom. The normalized spacial score (nSPS) is 11.4. The minimum absolute atomic E-state index is 0.177. The fourth-order valence-electron chi connectivity index (χ4n) is 3.49. The lowest BCUT2D eigenvalue weighted by Gasteiger charge is -2.16. The van der Waals surface area contributed by atoms with Crippen LogP contribution in [0.3, 0.4) is 0 Å². The first kappa shape index (κ1) is 22.4. The molecule has 0 N–H and O–H groups in total. The molecular weight excluding hydrogens is 467 g/mol. The van der Waals surface area contributed by atoms with Crippen LogP contribution in [0.1, 0.15) is 15.9 Å². The van der Waals surface area contributed by atoms with Crippen molar-refractivity contribution in [2.45, 2.75) is 0 Å². The van der Waals surface area contributed by atoms with Crippen LogP contribution in [0.2, 0.25) is 0 Å². The number of hydrogen-bond donors (Lipinski definition) is 0. The number of para-hydroxylation sites is 1. The average molecular weight is 487 g/mol. The van der Waals surface area contributed by atoms with E-state index in [0.717, 1.165) is 22.0 Å². The standard InChI is InChI=1S/C26H19FN4O3S/c1-30(2)19-10-7-16(8-11-19)25(33)31(26-29-21-12-9-18(27)13-23(21)35-26)28-14-17-15-34-22-6-4-3-5-20(22)24(17)32/h3-15H,1-2H3/b28-14+. The molecule has 7 nitrogen and oxygen atoms in total. The van der Waals surface area contributed by atoms with Crippen LogP contribution >= 0.6 is 11.3 Å². The quantitative estimate of drug-likeness (QED) is 0.249. The van der Waals surface area contributed by atoms with Crippen molar-refractivity contribution in [3.8, 4) is 0 Å². The number of benzene rings is 3. The summed E-state index contributed by atoms with van der Waals surface area (Å²) in [6.07, 6.45) is 2.58. The highest BCUT2D eigenvalue weighted by Gasteiger charge is 2.21. The van der Waals surface area contributed by atoms with E-state index in [1.54, 1.807) is 42.5 Å². The van der Waals surface area contributed by atoms with Gasteiger partial charge in [0, 0.05) is 25.3 Å². The summed E-state index contributed by atoms with van der Waals surface area (Å²) in [6.45, 7) is 0. The summed E-state index contributed by atoms with van der Waals surface area (Å²) in [7, 11) is 3.81. The van der Waals surface area contributed by atoms with E-state index in [9.17, 15) is 14.0 Å². The highest BCUT2D eigenvalue weighted by molar-refractivity contribution is 7.22. The molecule has 0 aliphatic carbocycles. The van der Waals surface area contributed by atoms with Crippen LogP contribution in [0.5, 0.6) is 0 Å². The monoisotopic (exact) mass is 486 g/mol. The summed E-state index contributed by atoms with van der Waals surface area (Å²) in [5.41, 5.74) is 2.20. The lowest BCUT2D eigenvalue weighted by atomic mass is 10.2. The first-order chi connectivity index (χ1) is 16.9. The molecule has 174 valence electrons. The number of nitrogens with zero attached hydrogens (tertiary/aromatic N) is 4. The van der Waals surface area contributed by atoms with E-state index in [1.165, 1.54) is 24.6 Å². The van der Waals surface area contributed by atoms with Gasteiger partial charge in [0.2, 0.25) is 10.6 Å². The van der Waals surface area contributed by atoms with Crippen molar-refractivity contribution in [3.05, 3.63) is 100 Å². The molecule has 0 aliphatic heterocycles. The molecule has 0 unspecified atom stereocenters. The van der Waals surface area contributed by atoms with Crippen molar-refractivity contribution in [1.82, 2.24) is 4.98 Å². The molecule has 0 bridgehead atoms. The summed E-state index contributed by atoms with van der Waals surface area (Å²) in [4.78, 5) is 32.7. The zero-order valence-electron chi connectivity index (χ0n) is 18.8. The Morgan fingerprint density at radius 1 is 1.09 bits per heavy atom. The summed E-state index contributed by atoms with van der Waals surface area (Å²) >= 11 is 1.12. The van der Waals surface area contributed by atoms with Crippen LogP contribution in [-0.4, -0.2) is 31.2 Å². The Bertz CT molecular complexity index is 1640. The molecule has 0 aliphatic rings. The Hall–Kier alpha value is -4.37. The Balaban J connectivity index is 1.58. The summed E-state index contributed by atoms with van der Waals surface area (Å²) < 4.78 is 19.9. The molecule has 3 aromatic carbocycles. The Kier molecular flexibility index (Phi) is 5.84. The summed E-state index contributed by atoms with van der Waals surface area (Å²) in [6, 6.07) is 18.1. The molecule has 0 saturated heterocycles. The number of anilines is 2. The zero-order valence-corrected chi connectivity index (χ0v) is 19.6. The fourth-order valence-corrected chi connectivity index (χ4v) is 4.44. The van der Waals surface area contributed by atoms with Crippen molar-refractivity contribution in [2.24, 2.45) is 5.10 Å². The second-order valence-electron chi connectivity index (χ2n) is 7.93. The van der Waals surface area contributed by atoms with Gasteiger partial charge in [-0.3, -0.25) is 9.59 Å². The van der Waals surface area contributed by atoms with Crippen LogP contribution in [0.25, 0.3) is 21.2 Å². The first-order valence-corrected chi connectivity index (χ1v) is 11.4. The van der Waals surface area contributed by atoms with Gasteiger partial charge in [-0.2, -0.15) is 10.1 Å². The topological polar surface area (TPSA) is 79.0 Å². The van der Waals surface area contributed by atoms with E-state index in [4.69, 9.17) is 4.42 Å². The second kappa shape index (κ2) is 9.11. The van der Waals surface area contributed by atoms with Crippen molar-refractivity contribution in [2.75, 3.05) is 24.0 Å². The van der Waals surface area contributed by atoms with Crippen molar-refractivity contribution >= 4 is 55.5 Å². The molecule has 0 spiro atoms. The third kappa shape index (κ3) is 4.41. The lowest BCUT2D eigenvalue weighted by molar-refractivity contribution is 0.0988. The van der Waals surface area contributed by atoms with Crippen LogP contribution < -0.4 is 15.3 Å². The van der Waals surface area contributed by atoms with Gasteiger partial charge in [0.05, 0.1) is 27.4 Å². The predicted octanol–water partition coefficient (Wildman–Crippen LogP) is 5.29. The summed E-state index contributed by atoms with van der Waals surface area (Å²) in [5, 5.41) is 6.09. The molecule has 5 aromatic rings. The number of aromatic nitrogens is 1. The number of carbonyl (C=O) groups is 1. The number of halogens is 1. The number of carbonyl (C=O) groups excluding carboxylic acids is 1. The first-order valence-electron chi connectivity index (χ1n) is 10.6.